The van der Waals surface area contributed by atoms with Crippen molar-refractivity contribution in [3.8, 4) is 0 Å². The molecular weight excluding hydrogens is 302 g/mol. The van der Waals surface area contributed by atoms with Crippen molar-refractivity contribution in [2.24, 2.45) is 0 Å². The Morgan fingerprint density at radius 3 is 2.53 bits per heavy atom. The SMILES string of the molecule is CCN(c1cc(Br)nc(C(C)C)n1)C1CCCCC1. The van der Waals surface area contributed by atoms with Gasteiger partial charge in [-0.1, -0.05) is 33.1 Å². The number of aromatic nitrogens is 2. The molecule has 1 fully saturated rings. The van der Waals surface area contributed by atoms with Crippen molar-refractivity contribution in [3.05, 3.63) is 16.5 Å². The molecular formula is C15H24BrN3. The largest absolute Gasteiger partial charge is 0.354 e. The van der Waals surface area contributed by atoms with E-state index in [0.717, 1.165) is 22.8 Å². The van der Waals surface area contributed by atoms with Gasteiger partial charge in [0.1, 0.15) is 16.2 Å². The summed E-state index contributed by atoms with van der Waals surface area (Å²) in [7, 11) is 0. The monoisotopic (exact) mass is 325 g/mol. The van der Waals surface area contributed by atoms with E-state index in [1.54, 1.807) is 0 Å². The van der Waals surface area contributed by atoms with Crippen molar-refractivity contribution in [1.29, 1.82) is 0 Å². The minimum atomic E-state index is 0.362. The van der Waals surface area contributed by atoms with Crippen LogP contribution in [0.2, 0.25) is 0 Å². The normalized spacial score (nSPS) is 16.9. The van der Waals surface area contributed by atoms with E-state index < -0.39 is 0 Å². The molecule has 0 aromatic carbocycles. The lowest BCUT2D eigenvalue weighted by Gasteiger charge is -2.34. The summed E-state index contributed by atoms with van der Waals surface area (Å²) < 4.78 is 0.899. The molecule has 1 saturated carbocycles. The van der Waals surface area contributed by atoms with Crippen molar-refractivity contribution in [2.75, 3.05) is 11.4 Å². The number of halogens is 1. The summed E-state index contributed by atoms with van der Waals surface area (Å²) in [5.74, 6) is 2.37. The smallest absolute Gasteiger partial charge is 0.134 e. The molecule has 0 N–H and O–H groups in total. The first-order valence-electron chi connectivity index (χ1n) is 7.43. The van der Waals surface area contributed by atoms with Crippen LogP contribution in [0.25, 0.3) is 0 Å². The first-order valence-corrected chi connectivity index (χ1v) is 8.22. The molecule has 1 heterocycles. The van der Waals surface area contributed by atoms with Gasteiger partial charge in [-0.2, -0.15) is 0 Å². The summed E-state index contributed by atoms with van der Waals surface area (Å²) in [5.41, 5.74) is 0. The third-order valence-electron chi connectivity index (χ3n) is 3.87. The molecule has 1 aromatic heterocycles. The number of nitrogens with zero attached hydrogens (tertiary/aromatic N) is 3. The highest BCUT2D eigenvalue weighted by atomic mass is 79.9. The number of hydrogen-bond acceptors (Lipinski definition) is 3. The lowest BCUT2D eigenvalue weighted by Crippen LogP contribution is -2.37. The molecule has 0 spiro atoms. The second-order valence-corrected chi connectivity index (χ2v) is 6.45. The number of hydrogen-bond donors (Lipinski definition) is 0. The predicted molar refractivity (Wildman–Crippen MR) is 83.7 cm³/mol. The zero-order chi connectivity index (χ0) is 13.8. The van der Waals surface area contributed by atoms with Gasteiger partial charge in [-0.3, -0.25) is 0 Å². The van der Waals surface area contributed by atoms with Crippen LogP contribution in [0.5, 0.6) is 0 Å². The molecule has 1 aromatic rings. The van der Waals surface area contributed by atoms with Crippen LogP contribution in [0, 0.1) is 0 Å². The summed E-state index contributed by atoms with van der Waals surface area (Å²) >= 11 is 3.53. The fourth-order valence-electron chi connectivity index (χ4n) is 2.83. The summed E-state index contributed by atoms with van der Waals surface area (Å²) in [6, 6.07) is 2.71. The molecule has 3 nitrogen and oxygen atoms in total. The van der Waals surface area contributed by atoms with Gasteiger partial charge in [0.15, 0.2) is 0 Å². The van der Waals surface area contributed by atoms with Crippen LogP contribution in [-0.2, 0) is 0 Å². The van der Waals surface area contributed by atoms with Gasteiger partial charge in [0.2, 0.25) is 0 Å². The van der Waals surface area contributed by atoms with Crippen molar-refractivity contribution in [3.63, 3.8) is 0 Å². The molecule has 106 valence electrons. The van der Waals surface area contributed by atoms with Crippen LogP contribution in [0.3, 0.4) is 0 Å². The van der Waals surface area contributed by atoms with Crippen molar-refractivity contribution in [1.82, 2.24) is 9.97 Å². The van der Waals surface area contributed by atoms with E-state index in [1.807, 2.05) is 0 Å². The Bertz CT molecular complexity index is 414. The number of rotatable bonds is 4. The van der Waals surface area contributed by atoms with E-state index in [9.17, 15) is 0 Å². The first kappa shape index (κ1) is 14.8. The molecule has 0 atom stereocenters. The van der Waals surface area contributed by atoms with Gasteiger partial charge in [0, 0.05) is 24.6 Å². The molecule has 2 rings (SSSR count). The Morgan fingerprint density at radius 1 is 1.26 bits per heavy atom. The fourth-order valence-corrected chi connectivity index (χ4v) is 3.21. The lowest BCUT2D eigenvalue weighted by molar-refractivity contribution is 0.416. The van der Waals surface area contributed by atoms with Gasteiger partial charge < -0.3 is 4.90 Å². The topological polar surface area (TPSA) is 29.0 Å². The van der Waals surface area contributed by atoms with E-state index >= 15 is 0 Å². The Hall–Kier alpha value is -0.640. The third-order valence-corrected chi connectivity index (χ3v) is 4.27. The minimum absolute atomic E-state index is 0.362. The zero-order valence-electron chi connectivity index (χ0n) is 12.2. The standard InChI is InChI=1S/C15H24BrN3/c1-4-19(12-8-6-5-7-9-12)14-10-13(16)17-15(18-14)11(2)3/h10-12H,4-9H2,1-3H3. The fraction of sp³-hybridized carbons (Fsp3) is 0.733. The van der Waals surface area contributed by atoms with E-state index in [-0.39, 0.29) is 0 Å². The van der Waals surface area contributed by atoms with E-state index in [1.165, 1.54) is 32.1 Å². The van der Waals surface area contributed by atoms with Gasteiger partial charge in [-0.15, -0.1) is 0 Å². The first-order chi connectivity index (χ1) is 9.11. The van der Waals surface area contributed by atoms with Crippen LogP contribution in [0.4, 0.5) is 5.82 Å². The highest BCUT2D eigenvalue weighted by molar-refractivity contribution is 9.10. The second kappa shape index (κ2) is 6.69. The highest BCUT2D eigenvalue weighted by Crippen LogP contribution is 2.28. The predicted octanol–water partition coefficient (Wildman–Crippen LogP) is 4.52. The molecule has 0 aliphatic heterocycles. The molecule has 0 amide bonds. The molecule has 0 bridgehead atoms. The molecule has 0 unspecified atom stereocenters. The summed E-state index contributed by atoms with van der Waals surface area (Å²) in [6.45, 7) is 7.52. The van der Waals surface area contributed by atoms with Gasteiger partial charge in [-0.25, -0.2) is 9.97 Å². The van der Waals surface area contributed by atoms with Crippen molar-refractivity contribution in [2.45, 2.75) is 64.8 Å². The Morgan fingerprint density at radius 2 is 1.95 bits per heavy atom. The average Bonchev–Trinajstić information content (AvgIpc) is 2.40. The van der Waals surface area contributed by atoms with E-state index in [4.69, 9.17) is 4.98 Å². The second-order valence-electron chi connectivity index (χ2n) is 5.64. The maximum Gasteiger partial charge on any atom is 0.134 e. The Balaban J connectivity index is 2.26. The molecule has 1 aliphatic rings. The molecule has 4 heteroatoms. The zero-order valence-corrected chi connectivity index (χ0v) is 13.8. The molecule has 19 heavy (non-hydrogen) atoms. The number of anilines is 1. The maximum absolute atomic E-state index is 4.76. The van der Waals surface area contributed by atoms with E-state index in [2.05, 4.69) is 52.7 Å². The summed E-state index contributed by atoms with van der Waals surface area (Å²) in [5, 5.41) is 0. The maximum atomic E-state index is 4.76. The molecule has 0 saturated heterocycles. The van der Waals surface area contributed by atoms with Gasteiger partial charge in [0.05, 0.1) is 0 Å². The van der Waals surface area contributed by atoms with Crippen molar-refractivity contribution >= 4 is 21.7 Å². The third kappa shape index (κ3) is 3.68. The molecule has 0 radical (unpaired) electrons. The van der Waals surface area contributed by atoms with Crippen LogP contribution in [0.15, 0.2) is 10.7 Å². The highest BCUT2D eigenvalue weighted by Gasteiger charge is 2.22. The Kier molecular flexibility index (Phi) is 5.20. The van der Waals surface area contributed by atoms with Gasteiger partial charge in [-0.05, 0) is 35.7 Å². The van der Waals surface area contributed by atoms with Crippen LogP contribution < -0.4 is 4.90 Å². The van der Waals surface area contributed by atoms with Gasteiger partial charge >= 0.3 is 0 Å². The van der Waals surface area contributed by atoms with Gasteiger partial charge in [0.25, 0.3) is 0 Å². The quantitative estimate of drug-likeness (QED) is 0.762. The summed E-state index contributed by atoms with van der Waals surface area (Å²) in [4.78, 5) is 11.7. The molecule has 1 aliphatic carbocycles. The van der Waals surface area contributed by atoms with Crippen LogP contribution >= 0.6 is 15.9 Å². The summed E-state index contributed by atoms with van der Waals surface area (Å²) in [6.07, 6.45) is 6.69. The average molecular weight is 326 g/mol. The van der Waals surface area contributed by atoms with Crippen LogP contribution in [0.1, 0.15) is 64.6 Å². The lowest BCUT2D eigenvalue weighted by atomic mass is 9.94. The van der Waals surface area contributed by atoms with E-state index in [0.29, 0.717) is 12.0 Å². The minimum Gasteiger partial charge on any atom is -0.354 e. The van der Waals surface area contributed by atoms with Crippen molar-refractivity contribution < 1.29 is 0 Å². The van der Waals surface area contributed by atoms with Crippen LogP contribution in [-0.4, -0.2) is 22.6 Å². The Labute approximate surface area is 125 Å².